The minimum atomic E-state index is 0.157. The van der Waals surface area contributed by atoms with E-state index in [4.69, 9.17) is 0 Å². The molecule has 1 heterocycles. The lowest BCUT2D eigenvalue weighted by molar-refractivity contribution is 0.0637. The van der Waals surface area contributed by atoms with Crippen molar-refractivity contribution in [1.82, 2.24) is 9.80 Å². The molecule has 0 aliphatic carbocycles. The van der Waals surface area contributed by atoms with Crippen molar-refractivity contribution in [2.24, 2.45) is 0 Å². The molecule has 20 heavy (non-hydrogen) atoms. The third-order valence-corrected chi connectivity index (χ3v) is 3.71. The molecule has 1 N–H and O–H groups in total. The van der Waals surface area contributed by atoms with Crippen LogP contribution in [0.5, 0.6) is 0 Å². The van der Waals surface area contributed by atoms with Crippen LogP contribution in [0.2, 0.25) is 0 Å². The molecule has 0 aromatic heterocycles. The van der Waals surface area contributed by atoms with Crippen molar-refractivity contribution in [3.05, 3.63) is 29.8 Å². The summed E-state index contributed by atoms with van der Waals surface area (Å²) in [6.45, 7) is 9.97. The Bertz CT molecular complexity index is 422. The highest BCUT2D eigenvalue weighted by atomic mass is 16.2. The van der Waals surface area contributed by atoms with Crippen molar-refractivity contribution in [3.8, 4) is 0 Å². The molecule has 1 aromatic carbocycles. The fourth-order valence-corrected chi connectivity index (χ4v) is 2.61. The first-order valence-electron chi connectivity index (χ1n) is 7.60. The van der Waals surface area contributed by atoms with E-state index in [0.29, 0.717) is 0 Å². The van der Waals surface area contributed by atoms with Crippen molar-refractivity contribution >= 4 is 11.6 Å². The molecular weight excluding hydrogens is 250 g/mol. The number of nitrogens with zero attached hydrogens (tertiary/aromatic N) is 2. The highest BCUT2D eigenvalue weighted by Crippen LogP contribution is 2.13. The van der Waals surface area contributed by atoms with Crippen LogP contribution >= 0.6 is 0 Å². The van der Waals surface area contributed by atoms with Crippen molar-refractivity contribution in [3.63, 3.8) is 0 Å². The van der Waals surface area contributed by atoms with Crippen LogP contribution in [0.25, 0.3) is 0 Å². The van der Waals surface area contributed by atoms with Gasteiger partial charge in [-0.2, -0.15) is 0 Å². The normalized spacial score (nSPS) is 16.2. The second kappa shape index (κ2) is 7.29. The zero-order valence-electron chi connectivity index (χ0n) is 12.6. The molecule has 110 valence electrons. The minimum Gasteiger partial charge on any atom is -0.385 e. The van der Waals surface area contributed by atoms with Crippen LogP contribution in [-0.4, -0.2) is 55.0 Å². The number of benzene rings is 1. The molecule has 0 spiro atoms. The molecule has 1 saturated heterocycles. The Kier molecular flexibility index (Phi) is 5.41. The van der Waals surface area contributed by atoms with E-state index in [2.05, 4.69) is 24.1 Å². The average Bonchev–Trinajstić information content (AvgIpc) is 2.49. The van der Waals surface area contributed by atoms with Crippen molar-refractivity contribution in [1.29, 1.82) is 0 Å². The topological polar surface area (TPSA) is 35.6 Å². The van der Waals surface area contributed by atoms with Crippen LogP contribution < -0.4 is 5.32 Å². The van der Waals surface area contributed by atoms with Crippen LogP contribution in [0.4, 0.5) is 5.69 Å². The fraction of sp³-hybridized carbons (Fsp3) is 0.562. The number of rotatable bonds is 5. The predicted molar refractivity (Wildman–Crippen MR) is 83.2 cm³/mol. The highest BCUT2D eigenvalue weighted by Gasteiger charge is 2.21. The Balaban J connectivity index is 1.91. The van der Waals surface area contributed by atoms with Gasteiger partial charge < -0.3 is 10.2 Å². The van der Waals surface area contributed by atoms with Crippen LogP contribution in [-0.2, 0) is 0 Å². The number of amides is 1. The Labute approximate surface area is 121 Å². The third kappa shape index (κ3) is 3.73. The average molecular weight is 275 g/mol. The van der Waals surface area contributed by atoms with Crippen molar-refractivity contribution in [2.75, 3.05) is 44.6 Å². The summed E-state index contributed by atoms with van der Waals surface area (Å²) in [5.41, 5.74) is 1.85. The minimum absolute atomic E-state index is 0.157. The molecule has 0 atom stereocenters. The van der Waals surface area contributed by atoms with Gasteiger partial charge >= 0.3 is 0 Å². The molecule has 1 aliphatic heterocycles. The maximum Gasteiger partial charge on any atom is 0.253 e. The van der Waals surface area contributed by atoms with Gasteiger partial charge in [0.2, 0.25) is 0 Å². The number of anilines is 1. The molecule has 4 nitrogen and oxygen atoms in total. The smallest absolute Gasteiger partial charge is 0.253 e. The van der Waals surface area contributed by atoms with Gasteiger partial charge in [-0.3, -0.25) is 9.69 Å². The lowest BCUT2D eigenvalue weighted by Crippen LogP contribution is -2.48. The molecule has 0 unspecified atom stereocenters. The van der Waals surface area contributed by atoms with Crippen molar-refractivity contribution < 1.29 is 4.79 Å². The maximum absolute atomic E-state index is 12.4. The predicted octanol–water partition coefficient (Wildman–Crippen LogP) is 2.29. The zero-order chi connectivity index (χ0) is 14.4. The number of carbonyl (C=O) groups excluding carboxylic acids is 1. The van der Waals surface area contributed by atoms with Crippen LogP contribution in [0.1, 0.15) is 30.6 Å². The van der Waals surface area contributed by atoms with Crippen LogP contribution in [0.15, 0.2) is 24.3 Å². The summed E-state index contributed by atoms with van der Waals surface area (Å²) in [7, 11) is 0. The lowest BCUT2D eigenvalue weighted by Gasteiger charge is -2.34. The number of hydrogen-bond acceptors (Lipinski definition) is 3. The molecule has 1 fully saturated rings. The quantitative estimate of drug-likeness (QED) is 0.895. The molecule has 4 heteroatoms. The summed E-state index contributed by atoms with van der Waals surface area (Å²) in [6.07, 6.45) is 1.18. The van der Waals surface area contributed by atoms with Gasteiger partial charge in [0.1, 0.15) is 0 Å². The number of piperazine rings is 1. The van der Waals surface area contributed by atoms with Gasteiger partial charge in [-0.25, -0.2) is 0 Å². The monoisotopic (exact) mass is 275 g/mol. The van der Waals surface area contributed by atoms with Gasteiger partial charge in [-0.15, -0.1) is 0 Å². The van der Waals surface area contributed by atoms with Crippen molar-refractivity contribution in [2.45, 2.75) is 20.3 Å². The van der Waals surface area contributed by atoms with E-state index in [0.717, 1.165) is 50.5 Å². The molecule has 1 amide bonds. The summed E-state index contributed by atoms with van der Waals surface area (Å²) in [5.74, 6) is 0.157. The number of carbonyl (C=O) groups is 1. The van der Waals surface area contributed by atoms with E-state index < -0.39 is 0 Å². The molecule has 2 rings (SSSR count). The summed E-state index contributed by atoms with van der Waals surface area (Å²) >= 11 is 0. The van der Waals surface area contributed by atoms with Gasteiger partial charge in [0.15, 0.2) is 0 Å². The van der Waals surface area contributed by atoms with Crippen LogP contribution in [0, 0.1) is 0 Å². The molecule has 0 saturated carbocycles. The second-order valence-corrected chi connectivity index (χ2v) is 5.24. The zero-order valence-corrected chi connectivity index (χ0v) is 12.6. The van der Waals surface area contributed by atoms with E-state index >= 15 is 0 Å². The number of hydrogen-bond donors (Lipinski definition) is 1. The fourth-order valence-electron chi connectivity index (χ4n) is 2.61. The molecule has 1 aromatic rings. The standard InChI is InChI=1S/C16H25N3O/c1-3-9-18-10-12-19(13-11-18)16(20)14-5-7-15(8-6-14)17-4-2/h5-8,17H,3-4,9-13H2,1-2H3. The Morgan fingerprint density at radius 1 is 1.10 bits per heavy atom. The lowest BCUT2D eigenvalue weighted by atomic mass is 10.1. The summed E-state index contributed by atoms with van der Waals surface area (Å²) in [6, 6.07) is 7.78. The van der Waals surface area contributed by atoms with Gasteiger partial charge in [-0.05, 0) is 44.2 Å². The van der Waals surface area contributed by atoms with Gasteiger partial charge in [0.05, 0.1) is 0 Å². The van der Waals surface area contributed by atoms with E-state index in [1.807, 2.05) is 29.2 Å². The Morgan fingerprint density at radius 2 is 1.75 bits per heavy atom. The second-order valence-electron chi connectivity index (χ2n) is 5.24. The molecule has 0 bridgehead atoms. The summed E-state index contributed by atoms with van der Waals surface area (Å²) < 4.78 is 0. The first-order chi connectivity index (χ1) is 9.74. The third-order valence-electron chi connectivity index (χ3n) is 3.71. The first-order valence-corrected chi connectivity index (χ1v) is 7.60. The van der Waals surface area contributed by atoms with E-state index in [1.165, 1.54) is 6.42 Å². The first kappa shape index (κ1) is 14.9. The molecular formula is C16H25N3O. The van der Waals surface area contributed by atoms with Gasteiger partial charge in [0, 0.05) is 44.0 Å². The van der Waals surface area contributed by atoms with Gasteiger partial charge in [-0.1, -0.05) is 6.92 Å². The number of nitrogens with one attached hydrogen (secondary N) is 1. The summed E-state index contributed by atoms with van der Waals surface area (Å²) in [5, 5.41) is 3.24. The van der Waals surface area contributed by atoms with Gasteiger partial charge in [0.25, 0.3) is 5.91 Å². The summed E-state index contributed by atoms with van der Waals surface area (Å²) in [4.78, 5) is 16.8. The van der Waals surface area contributed by atoms with E-state index in [9.17, 15) is 4.79 Å². The van der Waals surface area contributed by atoms with E-state index in [-0.39, 0.29) is 5.91 Å². The largest absolute Gasteiger partial charge is 0.385 e. The molecule has 0 radical (unpaired) electrons. The Morgan fingerprint density at radius 3 is 2.30 bits per heavy atom. The Hall–Kier alpha value is -1.55. The highest BCUT2D eigenvalue weighted by molar-refractivity contribution is 5.94. The SMILES string of the molecule is CCCN1CCN(C(=O)c2ccc(NCC)cc2)CC1. The molecule has 1 aliphatic rings. The van der Waals surface area contributed by atoms with Crippen LogP contribution in [0.3, 0.4) is 0 Å². The maximum atomic E-state index is 12.4. The van der Waals surface area contributed by atoms with E-state index in [1.54, 1.807) is 0 Å².